The molecule has 0 aliphatic heterocycles. The smallest absolute Gasteiger partial charge is 0.392 e. The monoisotopic (exact) mass is 683 g/mol. The highest BCUT2D eigenvalue weighted by molar-refractivity contribution is 14.1. The van der Waals surface area contributed by atoms with Crippen LogP contribution in [-0.2, 0) is 19.1 Å². The van der Waals surface area contributed by atoms with Gasteiger partial charge in [0, 0.05) is 5.02 Å². The maximum absolute atomic E-state index is 13.7. The van der Waals surface area contributed by atoms with Gasteiger partial charge in [0.2, 0.25) is 5.91 Å². The summed E-state index contributed by atoms with van der Waals surface area (Å²) in [7, 11) is 0. The fourth-order valence-electron chi connectivity index (χ4n) is 4.19. The molecule has 1 N–H and O–H groups in total. The number of hydrogen-bond acceptors (Lipinski definition) is 4. The van der Waals surface area contributed by atoms with Crippen LogP contribution in [0.15, 0.2) is 55.3 Å². The van der Waals surface area contributed by atoms with E-state index in [1.54, 1.807) is 19.9 Å². The van der Waals surface area contributed by atoms with Crippen molar-refractivity contribution < 1.29 is 32.2 Å². The minimum absolute atomic E-state index is 0.0820. The van der Waals surface area contributed by atoms with E-state index >= 15 is 0 Å². The number of ether oxygens (including phenoxy) is 2. The normalized spacial score (nSPS) is 17.1. The Labute approximate surface area is 243 Å². The van der Waals surface area contributed by atoms with Crippen LogP contribution in [0.5, 0.6) is 0 Å². The number of hydrogen-bond donors (Lipinski definition) is 1. The first kappa shape index (κ1) is 30.6. The van der Waals surface area contributed by atoms with Crippen LogP contribution in [0.2, 0.25) is 10.0 Å². The van der Waals surface area contributed by atoms with E-state index in [9.17, 15) is 22.8 Å². The van der Waals surface area contributed by atoms with E-state index in [0.717, 1.165) is 6.92 Å². The van der Waals surface area contributed by atoms with Crippen LogP contribution in [0, 0.1) is 11.3 Å². The van der Waals surface area contributed by atoms with E-state index in [0.29, 0.717) is 23.4 Å². The highest BCUT2D eigenvalue weighted by Crippen LogP contribution is 2.58. The van der Waals surface area contributed by atoms with Gasteiger partial charge in [-0.05, 0) is 84.7 Å². The van der Waals surface area contributed by atoms with Crippen LogP contribution in [0.4, 0.5) is 18.9 Å². The average Bonchev–Trinajstić information content (AvgIpc) is 3.61. The molecule has 0 heterocycles. The van der Waals surface area contributed by atoms with Crippen LogP contribution in [0.3, 0.4) is 0 Å². The summed E-state index contributed by atoms with van der Waals surface area (Å²) in [6.45, 7) is 8.05. The van der Waals surface area contributed by atoms with Crippen molar-refractivity contribution in [1.29, 1.82) is 0 Å². The van der Waals surface area contributed by atoms with Gasteiger partial charge < -0.3 is 14.8 Å². The van der Waals surface area contributed by atoms with E-state index in [2.05, 4.69) is 11.9 Å². The van der Waals surface area contributed by atoms with Gasteiger partial charge in [0.1, 0.15) is 11.5 Å². The molecule has 0 aromatic heterocycles. The Hall–Kier alpha value is -1.98. The number of rotatable bonds is 10. The van der Waals surface area contributed by atoms with Crippen molar-refractivity contribution in [2.45, 2.75) is 55.4 Å². The Kier molecular flexibility index (Phi) is 9.36. The van der Waals surface area contributed by atoms with Crippen molar-refractivity contribution >= 4 is 63.4 Å². The molecule has 11 heteroatoms. The Balaban J connectivity index is 1.96. The summed E-state index contributed by atoms with van der Waals surface area (Å²) >= 11 is 14.2. The summed E-state index contributed by atoms with van der Waals surface area (Å²) < 4.78 is 51.8. The first-order chi connectivity index (χ1) is 17.6. The predicted molar refractivity (Wildman–Crippen MR) is 149 cm³/mol. The zero-order valence-electron chi connectivity index (χ0n) is 20.9. The molecule has 206 valence electrons. The third-order valence-electron chi connectivity index (χ3n) is 6.34. The number of benzene rings is 2. The molecule has 3 rings (SSSR count). The highest BCUT2D eigenvalue weighted by atomic mass is 127. The van der Waals surface area contributed by atoms with Crippen molar-refractivity contribution in [1.82, 2.24) is 0 Å². The summed E-state index contributed by atoms with van der Waals surface area (Å²) in [6, 6.07) is 10.2. The number of anilines is 1. The van der Waals surface area contributed by atoms with Crippen LogP contribution in [-0.4, -0.2) is 21.7 Å². The van der Waals surface area contributed by atoms with Gasteiger partial charge in [0.05, 0.1) is 28.8 Å². The first-order valence-electron chi connectivity index (χ1n) is 11.7. The van der Waals surface area contributed by atoms with Gasteiger partial charge in [-0.25, -0.2) is 0 Å². The molecule has 1 amide bonds. The molecule has 38 heavy (non-hydrogen) atoms. The first-order valence-corrected chi connectivity index (χ1v) is 13.5. The lowest BCUT2D eigenvalue weighted by Gasteiger charge is -2.29. The molecule has 1 unspecified atom stereocenters. The molecule has 0 bridgehead atoms. The van der Waals surface area contributed by atoms with E-state index < -0.39 is 45.0 Å². The predicted octanol–water partition coefficient (Wildman–Crippen LogP) is 8.61. The van der Waals surface area contributed by atoms with Crippen molar-refractivity contribution in [3.05, 3.63) is 76.5 Å². The summed E-state index contributed by atoms with van der Waals surface area (Å²) in [5.74, 6) is -4.90. The van der Waals surface area contributed by atoms with Gasteiger partial charge in [-0.3, -0.25) is 9.59 Å². The summed E-state index contributed by atoms with van der Waals surface area (Å²) in [4.78, 5) is 26.3. The Bertz CT molecular complexity index is 1190. The van der Waals surface area contributed by atoms with Crippen molar-refractivity contribution in [2.24, 2.45) is 11.3 Å². The third kappa shape index (κ3) is 7.15. The lowest BCUT2D eigenvalue weighted by Crippen LogP contribution is -2.34. The van der Waals surface area contributed by atoms with E-state index in [-0.39, 0.29) is 16.3 Å². The van der Waals surface area contributed by atoms with Crippen molar-refractivity contribution in [3.63, 3.8) is 0 Å². The van der Waals surface area contributed by atoms with Gasteiger partial charge in [0.15, 0.2) is 3.61 Å². The minimum Gasteiger partial charge on any atom is -0.493 e. The zero-order chi connectivity index (χ0) is 28.5. The molecule has 0 radical (unpaired) electrons. The van der Waals surface area contributed by atoms with Crippen molar-refractivity contribution in [3.8, 4) is 0 Å². The second-order valence-corrected chi connectivity index (χ2v) is 13.1. The zero-order valence-corrected chi connectivity index (χ0v) is 24.5. The number of carbonyl (C=O) groups is 2. The van der Waals surface area contributed by atoms with Crippen LogP contribution < -0.4 is 5.32 Å². The summed E-state index contributed by atoms with van der Waals surface area (Å²) in [6.07, 6.45) is -3.23. The average molecular weight is 684 g/mol. The molecule has 3 atom stereocenters. The lowest BCUT2D eigenvalue weighted by molar-refractivity contribution is -0.178. The topological polar surface area (TPSA) is 64.6 Å². The molecular formula is C27H27Cl2F3INO4. The Morgan fingerprint density at radius 2 is 1.68 bits per heavy atom. The molecule has 1 aliphatic rings. The van der Waals surface area contributed by atoms with Gasteiger partial charge >= 0.3 is 12.1 Å². The number of alkyl halides is 4. The standard InChI is InChI=1S/C27H27Cl2F3INO4/c1-5-37-22(26(12-13-26)24(36)38-25(3,4)33)17-8-11-19(29)20(14-17)34-23(35)21(15(2)27(30,31)32)16-6-9-18(28)10-7-16/h5-11,14-15,21-22H,1,12-13H2,2-4H3,(H,34,35)/t15-,21+,22?/m1/s1. The Morgan fingerprint density at radius 3 is 2.18 bits per heavy atom. The molecular weight excluding hydrogens is 657 g/mol. The van der Waals surface area contributed by atoms with E-state index in [1.807, 2.05) is 22.6 Å². The fourth-order valence-corrected chi connectivity index (χ4v) is 4.68. The molecule has 1 saturated carbocycles. The maximum atomic E-state index is 13.7. The summed E-state index contributed by atoms with van der Waals surface area (Å²) in [5, 5.41) is 2.99. The SMILES string of the molecule is C=COC(c1ccc(Cl)c(NC(=O)[C@H](c2ccc(Cl)cc2)[C@@H](C)C(F)(F)F)c1)C1(C(=O)OC(C)(C)I)CC1. The number of nitrogens with one attached hydrogen (secondary N) is 1. The second-order valence-electron chi connectivity index (χ2n) is 9.68. The van der Waals surface area contributed by atoms with Gasteiger partial charge in [0.25, 0.3) is 0 Å². The fraction of sp³-hybridized carbons (Fsp3) is 0.407. The van der Waals surface area contributed by atoms with E-state index in [4.69, 9.17) is 32.7 Å². The number of halogens is 6. The molecule has 1 aliphatic carbocycles. The van der Waals surface area contributed by atoms with Crippen LogP contribution in [0.1, 0.15) is 56.8 Å². The van der Waals surface area contributed by atoms with E-state index in [1.165, 1.54) is 42.7 Å². The lowest BCUT2D eigenvalue weighted by atomic mass is 9.85. The quantitative estimate of drug-likeness (QED) is 0.118. The summed E-state index contributed by atoms with van der Waals surface area (Å²) in [5.41, 5.74) is -0.253. The molecule has 0 spiro atoms. The molecule has 0 saturated heterocycles. The van der Waals surface area contributed by atoms with Crippen molar-refractivity contribution in [2.75, 3.05) is 5.32 Å². The largest absolute Gasteiger partial charge is 0.493 e. The number of carbonyl (C=O) groups excluding carboxylic acids is 2. The van der Waals surface area contributed by atoms with Crippen LogP contribution >= 0.6 is 45.8 Å². The molecule has 2 aromatic rings. The molecule has 5 nitrogen and oxygen atoms in total. The number of esters is 1. The molecule has 1 fully saturated rings. The van der Waals surface area contributed by atoms with Gasteiger partial charge in [-0.2, -0.15) is 13.2 Å². The number of amides is 1. The third-order valence-corrected chi connectivity index (χ3v) is 7.15. The van der Waals surface area contributed by atoms with Crippen LogP contribution in [0.25, 0.3) is 0 Å². The maximum Gasteiger partial charge on any atom is 0.392 e. The van der Waals surface area contributed by atoms with Gasteiger partial charge in [-0.15, -0.1) is 0 Å². The highest BCUT2D eigenvalue weighted by Gasteiger charge is 2.60. The molecule has 2 aromatic carbocycles. The second kappa shape index (κ2) is 11.6. The Morgan fingerprint density at radius 1 is 1.11 bits per heavy atom. The minimum atomic E-state index is -4.64. The van der Waals surface area contributed by atoms with Gasteiger partial charge in [-0.1, -0.05) is 54.9 Å².